The van der Waals surface area contributed by atoms with E-state index in [9.17, 15) is 4.39 Å². The summed E-state index contributed by atoms with van der Waals surface area (Å²) in [7, 11) is 0. The molecule has 0 N–H and O–H groups in total. The molecule has 0 amide bonds. The number of fused-ring (bicyclic) bond motifs is 4. The second-order valence-electron chi connectivity index (χ2n) is 7.53. The first-order valence-corrected chi connectivity index (χ1v) is 8.23. The molecule has 0 saturated heterocycles. The summed E-state index contributed by atoms with van der Waals surface area (Å²) in [6.45, 7) is 9.01. The highest BCUT2D eigenvalue weighted by Gasteiger charge is 2.54. The highest BCUT2D eigenvalue weighted by molar-refractivity contribution is 5.67. The second-order valence-corrected chi connectivity index (χ2v) is 7.53. The molecule has 114 valence electrons. The standard InChI is InChI=1S/C21H23F/c1-13-7-5-9-20(3)18(13)16-11-15(22)12-17(16)19-14(2)8-6-10-21(19,20)4/h5-10,15H,11-12H2,1-4H3. The lowest BCUT2D eigenvalue weighted by molar-refractivity contribution is 0.270. The van der Waals surface area contributed by atoms with E-state index in [1.165, 1.54) is 33.4 Å². The minimum atomic E-state index is -0.728. The third-order valence-electron chi connectivity index (χ3n) is 6.28. The number of alkyl halides is 1. The first-order valence-electron chi connectivity index (χ1n) is 8.23. The Balaban J connectivity index is 2.12. The highest BCUT2D eigenvalue weighted by atomic mass is 19.1. The van der Waals surface area contributed by atoms with Gasteiger partial charge in [0.15, 0.2) is 0 Å². The van der Waals surface area contributed by atoms with Crippen molar-refractivity contribution in [2.24, 2.45) is 10.8 Å². The molecule has 4 aliphatic rings. The molecular weight excluding hydrogens is 271 g/mol. The molecule has 2 atom stereocenters. The molecule has 1 heteroatoms. The van der Waals surface area contributed by atoms with Crippen LogP contribution < -0.4 is 0 Å². The Hall–Kier alpha value is -1.63. The fourth-order valence-corrected chi connectivity index (χ4v) is 5.16. The predicted octanol–water partition coefficient (Wildman–Crippen LogP) is 5.77. The van der Waals surface area contributed by atoms with Crippen molar-refractivity contribution >= 4 is 0 Å². The molecule has 0 nitrogen and oxygen atoms in total. The van der Waals surface area contributed by atoms with Crippen LogP contribution in [-0.4, -0.2) is 6.17 Å². The van der Waals surface area contributed by atoms with Crippen molar-refractivity contribution in [2.75, 3.05) is 0 Å². The predicted molar refractivity (Wildman–Crippen MR) is 90.2 cm³/mol. The molecule has 1 fully saturated rings. The monoisotopic (exact) mass is 294 g/mol. The minimum Gasteiger partial charge on any atom is -0.247 e. The van der Waals surface area contributed by atoms with Crippen LogP contribution in [-0.2, 0) is 0 Å². The molecule has 4 rings (SSSR count). The van der Waals surface area contributed by atoms with E-state index in [2.05, 4.69) is 64.2 Å². The number of hydrogen-bond donors (Lipinski definition) is 0. The van der Waals surface area contributed by atoms with Crippen molar-refractivity contribution in [3.63, 3.8) is 0 Å². The maximum Gasteiger partial charge on any atom is 0.108 e. The van der Waals surface area contributed by atoms with Crippen LogP contribution in [0, 0.1) is 10.8 Å². The van der Waals surface area contributed by atoms with Gasteiger partial charge in [-0.05, 0) is 47.3 Å². The zero-order valence-electron chi connectivity index (χ0n) is 13.8. The van der Waals surface area contributed by atoms with Gasteiger partial charge < -0.3 is 0 Å². The van der Waals surface area contributed by atoms with Gasteiger partial charge in [-0.3, -0.25) is 0 Å². The van der Waals surface area contributed by atoms with Crippen LogP contribution in [0.25, 0.3) is 0 Å². The van der Waals surface area contributed by atoms with E-state index in [0.717, 1.165) is 0 Å². The molecule has 1 saturated carbocycles. The summed E-state index contributed by atoms with van der Waals surface area (Å²) in [5.74, 6) is 0. The molecule has 4 aliphatic carbocycles. The molecular formula is C21H23F. The van der Waals surface area contributed by atoms with Gasteiger partial charge in [0.2, 0.25) is 0 Å². The molecule has 0 aromatic heterocycles. The lowest BCUT2D eigenvalue weighted by atomic mass is 9.50. The van der Waals surface area contributed by atoms with Crippen LogP contribution in [0.2, 0.25) is 0 Å². The molecule has 0 radical (unpaired) electrons. The maximum absolute atomic E-state index is 14.3. The van der Waals surface area contributed by atoms with E-state index in [0.29, 0.717) is 12.8 Å². The maximum atomic E-state index is 14.3. The number of rotatable bonds is 0. The van der Waals surface area contributed by atoms with Gasteiger partial charge in [-0.1, -0.05) is 50.3 Å². The van der Waals surface area contributed by atoms with Gasteiger partial charge in [0.05, 0.1) is 0 Å². The lowest BCUT2D eigenvalue weighted by Crippen LogP contribution is -2.43. The largest absolute Gasteiger partial charge is 0.247 e. The van der Waals surface area contributed by atoms with Crippen molar-refractivity contribution in [3.8, 4) is 0 Å². The summed E-state index contributed by atoms with van der Waals surface area (Å²) in [6.07, 6.45) is 13.8. The first kappa shape index (κ1) is 14.0. The summed E-state index contributed by atoms with van der Waals surface area (Å²) < 4.78 is 14.3. The summed E-state index contributed by atoms with van der Waals surface area (Å²) >= 11 is 0. The normalized spacial score (nSPS) is 39.4. The van der Waals surface area contributed by atoms with E-state index in [1.807, 2.05) is 0 Å². The Morgan fingerprint density at radius 1 is 0.864 bits per heavy atom. The van der Waals surface area contributed by atoms with Gasteiger partial charge >= 0.3 is 0 Å². The molecule has 0 aliphatic heterocycles. The summed E-state index contributed by atoms with van der Waals surface area (Å²) in [5.41, 5.74) is 7.73. The van der Waals surface area contributed by atoms with Crippen molar-refractivity contribution in [2.45, 2.75) is 46.7 Å². The number of halogens is 1. The topological polar surface area (TPSA) is 0 Å². The highest BCUT2D eigenvalue weighted by Crippen LogP contribution is 2.64. The fraction of sp³-hybridized carbons (Fsp3) is 0.429. The van der Waals surface area contributed by atoms with Gasteiger partial charge in [0.1, 0.15) is 6.17 Å². The van der Waals surface area contributed by atoms with Gasteiger partial charge in [0.25, 0.3) is 0 Å². The average molecular weight is 294 g/mol. The zero-order valence-corrected chi connectivity index (χ0v) is 13.8. The van der Waals surface area contributed by atoms with E-state index < -0.39 is 6.17 Å². The van der Waals surface area contributed by atoms with E-state index in [4.69, 9.17) is 0 Å². The second kappa shape index (κ2) is 4.22. The molecule has 0 aromatic carbocycles. The average Bonchev–Trinajstić information content (AvgIpc) is 2.79. The van der Waals surface area contributed by atoms with Gasteiger partial charge in [-0.15, -0.1) is 0 Å². The van der Waals surface area contributed by atoms with Gasteiger partial charge in [0, 0.05) is 23.7 Å². The Morgan fingerprint density at radius 2 is 1.27 bits per heavy atom. The Labute approximate surface area is 132 Å². The Bertz CT molecular complexity index is 689. The third-order valence-corrected chi connectivity index (χ3v) is 6.28. The quantitative estimate of drug-likeness (QED) is 0.532. The summed E-state index contributed by atoms with van der Waals surface area (Å²) in [4.78, 5) is 0. The molecule has 0 heterocycles. The molecule has 0 spiro atoms. The molecule has 0 bridgehead atoms. The van der Waals surface area contributed by atoms with E-state index >= 15 is 0 Å². The van der Waals surface area contributed by atoms with Crippen LogP contribution in [0.15, 0.2) is 69.9 Å². The molecule has 0 aromatic rings. The molecule has 22 heavy (non-hydrogen) atoms. The fourth-order valence-electron chi connectivity index (χ4n) is 5.16. The van der Waals surface area contributed by atoms with Crippen LogP contribution in [0.1, 0.15) is 40.5 Å². The van der Waals surface area contributed by atoms with Crippen molar-refractivity contribution < 1.29 is 4.39 Å². The third kappa shape index (κ3) is 1.47. The van der Waals surface area contributed by atoms with Crippen molar-refractivity contribution in [1.29, 1.82) is 0 Å². The number of hydrogen-bond acceptors (Lipinski definition) is 0. The smallest absolute Gasteiger partial charge is 0.108 e. The lowest BCUT2D eigenvalue weighted by Gasteiger charge is -2.53. The Kier molecular flexibility index (Phi) is 2.68. The van der Waals surface area contributed by atoms with Gasteiger partial charge in [-0.2, -0.15) is 0 Å². The van der Waals surface area contributed by atoms with Crippen LogP contribution in [0.4, 0.5) is 4.39 Å². The Morgan fingerprint density at radius 3 is 1.68 bits per heavy atom. The summed E-state index contributed by atoms with van der Waals surface area (Å²) in [6, 6.07) is 0. The van der Waals surface area contributed by atoms with Crippen LogP contribution >= 0.6 is 0 Å². The van der Waals surface area contributed by atoms with Crippen LogP contribution in [0.3, 0.4) is 0 Å². The first-order chi connectivity index (χ1) is 10.4. The van der Waals surface area contributed by atoms with E-state index in [-0.39, 0.29) is 10.8 Å². The van der Waals surface area contributed by atoms with Crippen molar-refractivity contribution in [1.82, 2.24) is 0 Å². The molecule has 2 unspecified atom stereocenters. The SMILES string of the molecule is CC1=CC=CC2(C)C1=C1CC(F)CC1=C1C(C)=CC=CC12C. The van der Waals surface area contributed by atoms with Gasteiger partial charge in [-0.25, -0.2) is 4.39 Å². The van der Waals surface area contributed by atoms with Crippen molar-refractivity contribution in [3.05, 3.63) is 69.9 Å². The van der Waals surface area contributed by atoms with Crippen LogP contribution in [0.5, 0.6) is 0 Å². The minimum absolute atomic E-state index is 0.0872. The zero-order chi connectivity index (χ0) is 15.7. The number of allylic oxidation sites excluding steroid dienone is 12. The van der Waals surface area contributed by atoms with E-state index in [1.54, 1.807) is 0 Å². The summed E-state index contributed by atoms with van der Waals surface area (Å²) in [5, 5.41) is 0.